The van der Waals surface area contributed by atoms with Crippen molar-refractivity contribution in [3.8, 4) is 5.75 Å². The Bertz CT molecular complexity index is 319. The number of hydrogen-bond donors (Lipinski definition) is 1. The van der Waals surface area contributed by atoms with Crippen molar-refractivity contribution in [2.45, 2.75) is 12.5 Å². The lowest BCUT2D eigenvalue weighted by Crippen LogP contribution is -2.25. The van der Waals surface area contributed by atoms with Crippen molar-refractivity contribution in [1.29, 1.82) is 0 Å². The summed E-state index contributed by atoms with van der Waals surface area (Å²) in [6.45, 7) is 0. The number of benzene rings is 1. The van der Waals surface area contributed by atoms with E-state index in [4.69, 9.17) is 10.5 Å². The van der Waals surface area contributed by atoms with Crippen LogP contribution in [-0.2, 0) is 6.42 Å². The van der Waals surface area contributed by atoms with E-state index in [0.717, 1.165) is 5.75 Å². The van der Waals surface area contributed by atoms with Crippen LogP contribution in [0.15, 0.2) is 18.2 Å². The third-order valence-electron chi connectivity index (χ3n) is 2.13. The van der Waals surface area contributed by atoms with Crippen molar-refractivity contribution >= 4 is 11.8 Å². The average Bonchev–Trinajstić information content (AvgIpc) is 2.21. The molecule has 0 aliphatic heterocycles. The van der Waals surface area contributed by atoms with E-state index in [-0.39, 0.29) is 17.6 Å². The zero-order valence-corrected chi connectivity index (χ0v) is 9.81. The van der Waals surface area contributed by atoms with Gasteiger partial charge in [0.05, 0.1) is 7.11 Å². The molecule has 4 heteroatoms. The first kappa shape index (κ1) is 12.3. The lowest BCUT2D eigenvalue weighted by atomic mass is 10.1. The second-order valence-electron chi connectivity index (χ2n) is 3.35. The monoisotopic (exact) mass is 229 g/mol. The van der Waals surface area contributed by atoms with E-state index in [1.54, 1.807) is 30.0 Å². The van der Waals surface area contributed by atoms with Gasteiger partial charge in [-0.15, -0.1) is 0 Å². The minimum absolute atomic E-state index is 0.0124. The highest BCUT2D eigenvalue weighted by atomic mass is 32.2. The highest BCUT2D eigenvalue weighted by Gasteiger charge is 2.11. The van der Waals surface area contributed by atoms with Crippen LogP contribution in [0.2, 0.25) is 0 Å². The molecule has 0 saturated carbocycles. The summed E-state index contributed by atoms with van der Waals surface area (Å²) in [5, 5.41) is 0. The number of nitrogens with two attached hydrogens (primary N) is 1. The normalized spacial score (nSPS) is 12.5. The molecule has 0 aliphatic rings. The van der Waals surface area contributed by atoms with E-state index < -0.39 is 0 Å². The Labute approximate surface area is 94.0 Å². The predicted molar refractivity (Wildman–Crippen MR) is 63.0 cm³/mol. The van der Waals surface area contributed by atoms with Crippen molar-refractivity contribution in [3.63, 3.8) is 0 Å². The molecule has 1 aromatic rings. The van der Waals surface area contributed by atoms with Gasteiger partial charge < -0.3 is 10.5 Å². The molecule has 0 spiro atoms. The van der Waals surface area contributed by atoms with Gasteiger partial charge in [-0.3, -0.25) is 0 Å². The molecule has 15 heavy (non-hydrogen) atoms. The molecule has 0 saturated heterocycles. The second kappa shape index (κ2) is 5.98. The van der Waals surface area contributed by atoms with Crippen molar-refractivity contribution in [2.24, 2.45) is 5.73 Å². The molecule has 2 nitrogen and oxygen atoms in total. The zero-order chi connectivity index (χ0) is 11.3. The van der Waals surface area contributed by atoms with Gasteiger partial charge in [0.15, 0.2) is 11.6 Å². The molecule has 84 valence electrons. The van der Waals surface area contributed by atoms with Gasteiger partial charge in [-0.05, 0) is 24.3 Å². The van der Waals surface area contributed by atoms with Gasteiger partial charge in [0, 0.05) is 11.8 Å². The summed E-state index contributed by atoms with van der Waals surface area (Å²) in [6, 6.07) is 5.13. The SMILES string of the molecule is COc1cccc(CC(N)CSC)c1F. The number of rotatable bonds is 5. The number of ether oxygens (including phenoxy) is 1. The summed E-state index contributed by atoms with van der Waals surface area (Å²) < 4.78 is 18.6. The Morgan fingerprint density at radius 3 is 2.87 bits per heavy atom. The summed E-state index contributed by atoms with van der Waals surface area (Å²) in [6.07, 6.45) is 2.53. The fourth-order valence-corrected chi connectivity index (χ4v) is 1.97. The molecule has 0 amide bonds. The van der Waals surface area contributed by atoms with Crippen LogP contribution < -0.4 is 10.5 Å². The van der Waals surface area contributed by atoms with Gasteiger partial charge in [-0.1, -0.05) is 12.1 Å². The smallest absolute Gasteiger partial charge is 0.168 e. The summed E-state index contributed by atoms with van der Waals surface area (Å²) in [7, 11) is 1.46. The lowest BCUT2D eigenvalue weighted by molar-refractivity contribution is 0.383. The summed E-state index contributed by atoms with van der Waals surface area (Å²) in [5.74, 6) is 0.816. The molecular formula is C11H16FNOS. The standard InChI is InChI=1S/C11H16FNOS/c1-14-10-5-3-4-8(11(10)12)6-9(13)7-15-2/h3-5,9H,6-7,13H2,1-2H3. The van der Waals surface area contributed by atoms with Gasteiger partial charge in [-0.2, -0.15) is 11.8 Å². The van der Waals surface area contributed by atoms with Crippen LogP contribution in [-0.4, -0.2) is 25.2 Å². The molecular weight excluding hydrogens is 213 g/mol. The summed E-state index contributed by atoms with van der Waals surface area (Å²) in [4.78, 5) is 0. The molecule has 2 N–H and O–H groups in total. The lowest BCUT2D eigenvalue weighted by Gasteiger charge is -2.12. The van der Waals surface area contributed by atoms with Crippen LogP contribution >= 0.6 is 11.8 Å². The Hall–Kier alpha value is -0.740. The highest BCUT2D eigenvalue weighted by Crippen LogP contribution is 2.21. The maximum Gasteiger partial charge on any atom is 0.168 e. The maximum atomic E-state index is 13.7. The van der Waals surface area contributed by atoms with Crippen molar-refractivity contribution in [3.05, 3.63) is 29.6 Å². The van der Waals surface area contributed by atoms with Crippen LogP contribution in [0.25, 0.3) is 0 Å². The predicted octanol–water partition coefficient (Wildman–Crippen LogP) is 2.07. The molecule has 0 aliphatic carbocycles. The van der Waals surface area contributed by atoms with E-state index in [2.05, 4.69) is 0 Å². The van der Waals surface area contributed by atoms with E-state index in [9.17, 15) is 4.39 Å². The number of hydrogen-bond acceptors (Lipinski definition) is 3. The average molecular weight is 229 g/mol. The number of methoxy groups -OCH3 is 1. The first-order valence-electron chi connectivity index (χ1n) is 4.75. The third-order valence-corrected chi connectivity index (χ3v) is 2.89. The Balaban J connectivity index is 2.76. The quantitative estimate of drug-likeness (QED) is 0.839. The molecule has 1 aromatic carbocycles. The first-order valence-corrected chi connectivity index (χ1v) is 6.14. The largest absolute Gasteiger partial charge is 0.494 e. The molecule has 0 radical (unpaired) electrons. The van der Waals surface area contributed by atoms with Gasteiger partial charge in [0.1, 0.15) is 0 Å². The molecule has 1 atom stereocenters. The van der Waals surface area contributed by atoms with Gasteiger partial charge >= 0.3 is 0 Å². The minimum atomic E-state index is -0.295. The Morgan fingerprint density at radius 1 is 1.53 bits per heavy atom. The minimum Gasteiger partial charge on any atom is -0.494 e. The molecule has 0 aromatic heterocycles. The number of halogens is 1. The molecule has 0 heterocycles. The fourth-order valence-electron chi connectivity index (χ4n) is 1.43. The second-order valence-corrected chi connectivity index (χ2v) is 4.26. The molecule has 1 rings (SSSR count). The van der Waals surface area contributed by atoms with E-state index in [1.807, 2.05) is 6.26 Å². The van der Waals surface area contributed by atoms with Crippen LogP contribution in [0.3, 0.4) is 0 Å². The van der Waals surface area contributed by atoms with Crippen molar-refractivity contribution < 1.29 is 9.13 Å². The van der Waals surface area contributed by atoms with Gasteiger partial charge in [-0.25, -0.2) is 4.39 Å². The first-order chi connectivity index (χ1) is 7.19. The highest BCUT2D eigenvalue weighted by molar-refractivity contribution is 7.98. The van der Waals surface area contributed by atoms with E-state index in [1.165, 1.54) is 7.11 Å². The molecule has 0 fully saturated rings. The summed E-state index contributed by atoms with van der Waals surface area (Å²) >= 11 is 1.67. The Kier molecular flexibility index (Phi) is 4.91. The van der Waals surface area contributed by atoms with Crippen molar-refractivity contribution in [2.75, 3.05) is 19.1 Å². The van der Waals surface area contributed by atoms with E-state index in [0.29, 0.717) is 12.0 Å². The van der Waals surface area contributed by atoms with Crippen LogP contribution in [0.4, 0.5) is 4.39 Å². The van der Waals surface area contributed by atoms with E-state index >= 15 is 0 Å². The maximum absolute atomic E-state index is 13.7. The fraction of sp³-hybridized carbons (Fsp3) is 0.455. The topological polar surface area (TPSA) is 35.2 Å². The van der Waals surface area contributed by atoms with Crippen LogP contribution in [0, 0.1) is 5.82 Å². The van der Waals surface area contributed by atoms with Gasteiger partial charge in [0.2, 0.25) is 0 Å². The molecule has 1 unspecified atom stereocenters. The molecule has 0 bridgehead atoms. The Morgan fingerprint density at radius 2 is 2.27 bits per heavy atom. The van der Waals surface area contributed by atoms with Crippen LogP contribution in [0.5, 0.6) is 5.75 Å². The van der Waals surface area contributed by atoms with Gasteiger partial charge in [0.25, 0.3) is 0 Å². The zero-order valence-electron chi connectivity index (χ0n) is 9.00. The number of thioether (sulfide) groups is 1. The third kappa shape index (κ3) is 3.39. The van der Waals surface area contributed by atoms with Crippen molar-refractivity contribution in [1.82, 2.24) is 0 Å². The van der Waals surface area contributed by atoms with Crippen LogP contribution in [0.1, 0.15) is 5.56 Å². The summed E-state index contributed by atoms with van der Waals surface area (Å²) in [5.41, 5.74) is 6.47.